The number of ether oxygens (including phenoxy) is 1. The Morgan fingerprint density at radius 1 is 1.05 bits per heavy atom. The van der Waals surface area contributed by atoms with E-state index >= 15 is 0 Å². The Hall–Kier alpha value is -2.24. The number of aryl methyl sites for hydroxylation is 1. The van der Waals surface area contributed by atoms with Crippen LogP contribution in [0, 0.1) is 18.8 Å². The molecule has 0 heterocycles. The van der Waals surface area contributed by atoms with Crippen molar-refractivity contribution in [1.82, 2.24) is 0 Å². The Balaban J connectivity index is 2.14. The largest absolute Gasteiger partial charge is 0.489 e. The highest BCUT2D eigenvalue weighted by Gasteiger charge is 2.02. The fourth-order valence-electron chi connectivity index (χ4n) is 1.79. The van der Waals surface area contributed by atoms with E-state index in [2.05, 4.69) is 11.8 Å². The monoisotopic (exact) mass is 251 g/mol. The predicted octanol–water partition coefficient (Wildman–Crippen LogP) is 2.88. The molecule has 0 saturated heterocycles. The molecular weight excluding hydrogens is 234 g/mol. The van der Waals surface area contributed by atoms with Crippen molar-refractivity contribution in [3.05, 3.63) is 65.2 Å². The molecule has 19 heavy (non-hydrogen) atoms. The summed E-state index contributed by atoms with van der Waals surface area (Å²) in [7, 11) is 0. The first-order valence-corrected chi connectivity index (χ1v) is 6.26. The lowest BCUT2D eigenvalue weighted by Crippen LogP contribution is -2.00. The van der Waals surface area contributed by atoms with Crippen molar-refractivity contribution < 1.29 is 4.74 Å². The van der Waals surface area contributed by atoms with Crippen molar-refractivity contribution in [2.24, 2.45) is 5.73 Å². The number of para-hydroxylation sites is 1. The molecule has 0 fully saturated rings. The van der Waals surface area contributed by atoms with Crippen molar-refractivity contribution in [2.45, 2.75) is 13.5 Å². The second kappa shape index (κ2) is 6.63. The van der Waals surface area contributed by atoms with Crippen LogP contribution < -0.4 is 10.5 Å². The lowest BCUT2D eigenvalue weighted by Gasteiger charge is -2.10. The summed E-state index contributed by atoms with van der Waals surface area (Å²) in [4.78, 5) is 0. The lowest BCUT2D eigenvalue weighted by atomic mass is 10.1. The van der Waals surface area contributed by atoms with Crippen molar-refractivity contribution in [3.8, 4) is 17.6 Å². The molecular formula is C17H17NO. The van der Waals surface area contributed by atoms with Crippen LogP contribution in [0.4, 0.5) is 0 Å². The molecule has 96 valence electrons. The first kappa shape index (κ1) is 13.2. The Labute approximate surface area is 114 Å². The molecule has 0 radical (unpaired) electrons. The number of benzene rings is 2. The van der Waals surface area contributed by atoms with Gasteiger partial charge in [0.25, 0.3) is 0 Å². The van der Waals surface area contributed by atoms with Crippen LogP contribution in [0.3, 0.4) is 0 Å². The van der Waals surface area contributed by atoms with Gasteiger partial charge in [-0.2, -0.15) is 0 Å². The van der Waals surface area contributed by atoms with Crippen LogP contribution >= 0.6 is 0 Å². The normalized spacial score (nSPS) is 9.58. The van der Waals surface area contributed by atoms with Gasteiger partial charge in [-0.1, -0.05) is 48.2 Å². The fraction of sp³-hybridized carbons (Fsp3) is 0.176. The first-order chi connectivity index (χ1) is 9.31. The zero-order valence-corrected chi connectivity index (χ0v) is 11.0. The number of nitrogens with two attached hydrogens (primary N) is 1. The highest BCUT2D eigenvalue weighted by atomic mass is 16.5. The third-order valence-electron chi connectivity index (χ3n) is 2.82. The van der Waals surface area contributed by atoms with E-state index in [9.17, 15) is 0 Å². The van der Waals surface area contributed by atoms with E-state index < -0.39 is 0 Å². The van der Waals surface area contributed by atoms with Gasteiger partial charge in [0.2, 0.25) is 0 Å². The van der Waals surface area contributed by atoms with Crippen LogP contribution in [0.2, 0.25) is 0 Å². The zero-order valence-electron chi connectivity index (χ0n) is 11.0. The molecule has 0 bridgehead atoms. The van der Waals surface area contributed by atoms with Crippen LogP contribution in [-0.4, -0.2) is 6.54 Å². The average Bonchev–Trinajstić information content (AvgIpc) is 2.45. The molecule has 2 rings (SSSR count). The molecule has 0 saturated carbocycles. The van der Waals surface area contributed by atoms with E-state index in [0.717, 1.165) is 22.4 Å². The van der Waals surface area contributed by atoms with Crippen LogP contribution in [0.1, 0.15) is 16.7 Å². The summed E-state index contributed by atoms with van der Waals surface area (Å²) in [6, 6.07) is 16.0. The maximum absolute atomic E-state index is 5.84. The summed E-state index contributed by atoms with van der Waals surface area (Å²) in [5, 5.41) is 0. The maximum atomic E-state index is 5.84. The minimum absolute atomic E-state index is 0.368. The van der Waals surface area contributed by atoms with Gasteiger partial charge in [0.1, 0.15) is 12.4 Å². The molecule has 0 unspecified atom stereocenters. The lowest BCUT2D eigenvalue weighted by molar-refractivity contribution is 0.304. The molecule has 2 heteroatoms. The summed E-state index contributed by atoms with van der Waals surface area (Å²) >= 11 is 0. The Morgan fingerprint density at radius 3 is 2.58 bits per heavy atom. The molecule has 0 spiro atoms. The van der Waals surface area contributed by atoms with Gasteiger partial charge in [-0.3, -0.25) is 0 Å². The molecule has 0 aliphatic carbocycles. The van der Waals surface area contributed by atoms with Gasteiger partial charge >= 0.3 is 0 Å². The molecule has 2 aromatic carbocycles. The molecule has 2 nitrogen and oxygen atoms in total. The van der Waals surface area contributed by atoms with Gasteiger partial charge in [-0.05, 0) is 24.6 Å². The van der Waals surface area contributed by atoms with E-state index in [1.165, 1.54) is 0 Å². The number of rotatable bonds is 3. The van der Waals surface area contributed by atoms with Gasteiger partial charge in [0.15, 0.2) is 0 Å². The fourth-order valence-corrected chi connectivity index (χ4v) is 1.79. The van der Waals surface area contributed by atoms with Gasteiger partial charge in [0.05, 0.1) is 6.54 Å². The van der Waals surface area contributed by atoms with Crippen molar-refractivity contribution in [2.75, 3.05) is 6.54 Å². The third kappa shape index (κ3) is 3.61. The summed E-state index contributed by atoms with van der Waals surface area (Å²) < 4.78 is 5.84. The van der Waals surface area contributed by atoms with E-state index in [0.29, 0.717) is 13.2 Å². The number of hydrogen-bond acceptors (Lipinski definition) is 2. The van der Waals surface area contributed by atoms with Crippen molar-refractivity contribution >= 4 is 0 Å². The van der Waals surface area contributed by atoms with Crippen molar-refractivity contribution in [3.63, 3.8) is 0 Å². The van der Waals surface area contributed by atoms with Gasteiger partial charge in [-0.25, -0.2) is 0 Å². The van der Waals surface area contributed by atoms with Gasteiger partial charge in [-0.15, -0.1) is 0 Å². The molecule has 0 aromatic heterocycles. The third-order valence-corrected chi connectivity index (χ3v) is 2.82. The molecule has 0 aliphatic heterocycles. The van der Waals surface area contributed by atoms with E-state index in [1.807, 2.05) is 55.5 Å². The second-order valence-corrected chi connectivity index (χ2v) is 4.22. The highest BCUT2D eigenvalue weighted by Crippen LogP contribution is 2.18. The Morgan fingerprint density at radius 2 is 1.79 bits per heavy atom. The minimum Gasteiger partial charge on any atom is -0.489 e. The standard InChI is InChI=1S/C17H17NO/c1-14-7-2-5-11-17(14)19-13-16-9-4-3-8-15(16)10-6-12-18/h2-5,7-9,11H,12-13,18H2,1H3. The summed E-state index contributed by atoms with van der Waals surface area (Å²) in [6.45, 7) is 2.92. The first-order valence-electron chi connectivity index (χ1n) is 6.26. The topological polar surface area (TPSA) is 35.2 Å². The van der Waals surface area contributed by atoms with E-state index in [-0.39, 0.29) is 0 Å². The Kier molecular flexibility index (Phi) is 4.60. The zero-order chi connectivity index (χ0) is 13.5. The Bertz CT molecular complexity index is 608. The summed E-state index contributed by atoms with van der Waals surface area (Å²) in [6.07, 6.45) is 0. The molecule has 0 amide bonds. The minimum atomic E-state index is 0.368. The average molecular weight is 251 g/mol. The summed E-state index contributed by atoms with van der Waals surface area (Å²) in [5.74, 6) is 6.85. The predicted molar refractivity (Wildman–Crippen MR) is 77.9 cm³/mol. The highest BCUT2D eigenvalue weighted by molar-refractivity contribution is 5.41. The number of hydrogen-bond donors (Lipinski definition) is 1. The van der Waals surface area contributed by atoms with E-state index in [4.69, 9.17) is 10.5 Å². The second-order valence-electron chi connectivity index (χ2n) is 4.22. The molecule has 0 aliphatic rings. The van der Waals surface area contributed by atoms with Crippen LogP contribution in [0.15, 0.2) is 48.5 Å². The molecule has 2 N–H and O–H groups in total. The van der Waals surface area contributed by atoms with E-state index in [1.54, 1.807) is 0 Å². The van der Waals surface area contributed by atoms with Crippen LogP contribution in [0.5, 0.6) is 5.75 Å². The van der Waals surface area contributed by atoms with Crippen LogP contribution in [-0.2, 0) is 6.61 Å². The SMILES string of the molecule is Cc1ccccc1OCc1ccccc1C#CCN. The quantitative estimate of drug-likeness (QED) is 0.851. The summed E-state index contributed by atoms with van der Waals surface area (Å²) in [5.41, 5.74) is 8.59. The smallest absolute Gasteiger partial charge is 0.122 e. The van der Waals surface area contributed by atoms with Crippen molar-refractivity contribution in [1.29, 1.82) is 0 Å². The van der Waals surface area contributed by atoms with Gasteiger partial charge in [0, 0.05) is 11.1 Å². The molecule has 2 aromatic rings. The molecule has 0 atom stereocenters. The van der Waals surface area contributed by atoms with Gasteiger partial charge < -0.3 is 10.5 Å². The van der Waals surface area contributed by atoms with Crippen LogP contribution in [0.25, 0.3) is 0 Å². The maximum Gasteiger partial charge on any atom is 0.122 e.